The zero-order valence-electron chi connectivity index (χ0n) is 10.0. The van der Waals surface area contributed by atoms with Crippen LogP contribution in [-0.4, -0.2) is 28.4 Å². The van der Waals surface area contributed by atoms with E-state index in [1.54, 1.807) is 19.3 Å². The molecule has 0 aliphatic carbocycles. The monoisotopic (exact) mass is 283 g/mol. The fraction of sp³-hybridized carbons (Fsp3) is 0.222. The second kappa shape index (κ2) is 5.30. The molecule has 0 aromatic carbocycles. The fourth-order valence-corrected chi connectivity index (χ4v) is 2.50. The number of hydrazine groups is 1. The lowest BCUT2D eigenvalue weighted by Gasteiger charge is -2.11. The first kappa shape index (κ1) is 13.4. The summed E-state index contributed by atoms with van der Waals surface area (Å²) >= 11 is 0. The first-order valence-electron chi connectivity index (χ1n) is 5.33. The Morgan fingerprint density at radius 1 is 1.32 bits per heavy atom. The number of hydrogen-bond donors (Lipinski definition) is 4. The molecule has 2 aromatic heterocycles. The Morgan fingerprint density at radius 3 is 2.53 bits per heavy atom. The van der Waals surface area contributed by atoms with Crippen molar-refractivity contribution in [1.29, 1.82) is 0 Å². The maximum Gasteiger partial charge on any atom is 0.244 e. The van der Waals surface area contributed by atoms with Gasteiger partial charge in [0.25, 0.3) is 0 Å². The predicted molar refractivity (Wildman–Crippen MR) is 67.2 cm³/mol. The average molecular weight is 283 g/mol. The Balaban J connectivity index is 2.17. The molecule has 19 heavy (non-hydrogen) atoms. The first-order chi connectivity index (χ1) is 9.03. The molecular weight excluding hydrogens is 270 g/mol. The van der Waals surface area contributed by atoms with Crippen molar-refractivity contribution in [2.75, 3.05) is 5.43 Å². The molecule has 102 valence electrons. The Kier molecular flexibility index (Phi) is 3.74. The first-order valence-corrected chi connectivity index (χ1v) is 6.81. The van der Waals surface area contributed by atoms with Gasteiger partial charge in [0.15, 0.2) is 0 Å². The smallest absolute Gasteiger partial charge is 0.244 e. The summed E-state index contributed by atoms with van der Waals surface area (Å²) in [4.78, 5) is 14.3. The highest BCUT2D eigenvalue weighted by atomic mass is 32.2. The van der Waals surface area contributed by atoms with Crippen LogP contribution in [0.25, 0.3) is 0 Å². The van der Waals surface area contributed by atoms with E-state index < -0.39 is 16.1 Å². The number of imidazole rings is 1. The van der Waals surface area contributed by atoms with Gasteiger partial charge in [0, 0.05) is 12.4 Å². The fourth-order valence-electron chi connectivity index (χ4n) is 1.40. The summed E-state index contributed by atoms with van der Waals surface area (Å²) in [7, 11) is -3.71. The molecule has 0 aliphatic rings. The Labute approximate surface area is 109 Å². The summed E-state index contributed by atoms with van der Waals surface area (Å²) in [5.41, 5.74) is 2.22. The van der Waals surface area contributed by atoms with Crippen molar-refractivity contribution in [1.82, 2.24) is 24.7 Å². The molecule has 0 aliphatic heterocycles. The molecule has 2 rings (SSSR count). The van der Waals surface area contributed by atoms with Crippen LogP contribution in [0.4, 0.5) is 5.95 Å². The molecule has 0 amide bonds. The number of nitrogens with two attached hydrogens (primary N) is 1. The standard InChI is InChI=1S/C9H13N7O2S/c1-6(8-11-2-3-12-8)16-19(17,18)7-4-13-9(15-10)14-5-7/h2-6,16H,10H2,1H3,(H,11,12)(H,13,14,15). The van der Waals surface area contributed by atoms with Gasteiger partial charge in [-0.05, 0) is 6.92 Å². The molecule has 1 unspecified atom stereocenters. The number of aromatic amines is 1. The van der Waals surface area contributed by atoms with Gasteiger partial charge >= 0.3 is 0 Å². The van der Waals surface area contributed by atoms with Gasteiger partial charge in [-0.3, -0.25) is 5.43 Å². The predicted octanol–water partition coefficient (Wildman–Crippen LogP) is -0.475. The Hall–Kier alpha value is -2.04. The van der Waals surface area contributed by atoms with E-state index in [0.29, 0.717) is 5.82 Å². The van der Waals surface area contributed by atoms with Crippen LogP contribution in [0, 0.1) is 0 Å². The van der Waals surface area contributed by atoms with E-state index in [4.69, 9.17) is 5.84 Å². The highest BCUT2D eigenvalue weighted by Crippen LogP contribution is 2.13. The molecule has 1 atom stereocenters. The third-order valence-electron chi connectivity index (χ3n) is 2.33. The summed E-state index contributed by atoms with van der Waals surface area (Å²) in [6.07, 6.45) is 5.49. The van der Waals surface area contributed by atoms with Crippen LogP contribution in [0.2, 0.25) is 0 Å². The van der Waals surface area contributed by atoms with E-state index in [9.17, 15) is 8.42 Å². The van der Waals surface area contributed by atoms with Crippen molar-refractivity contribution in [2.45, 2.75) is 17.9 Å². The Bertz CT molecular complexity index is 623. The highest BCUT2D eigenvalue weighted by Gasteiger charge is 2.20. The number of H-pyrrole nitrogens is 1. The number of sulfonamides is 1. The van der Waals surface area contributed by atoms with Crippen molar-refractivity contribution in [3.05, 3.63) is 30.6 Å². The quantitative estimate of drug-likeness (QED) is 0.429. The van der Waals surface area contributed by atoms with Gasteiger partial charge in [-0.2, -0.15) is 0 Å². The minimum Gasteiger partial charge on any atom is -0.347 e. The maximum atomic E-state index is 12.1. The zero-order chi connectivity index (χ0) is 13.9. The number of hydrogen-bond acceptors (Lipinski definition) is 7. The lowest BCUT2D eigenvalue weighted by atomic mass is 10.3. The number of nitrogens with one attached hydrogen (secondary N) is 3. The van der Waals surface area contributed by atoms with Gasteiger partial charge in [-0.1, -0.05) is 0 Å². The van der Waals surface area contributed by atoms with Gasteiger partial charge in [0.1, 0.15) is 10.7 Å². The molecule has 0 fully saturated rings. The SMILES string of the molecule is CC(NS(=O)(=O)c1cnc(NN)nc1)c1ncc[nH]1. The van der Waals surface area contributed by atoms with Crippen LogP contribution in [0.5, 0.6) is 0 Å². The second-order valence-electron chi connectivity index (χ2n) is 3.70. The van der Waals surface area contributed by atoms with Gasteiger partial charge in [-0.15, -0.1) is 0 Å². The third kappa shape index (κ3) is 3.05. The molecule has 2 aromatic rings. The third-order valence-corrected chi connectivity index (χ3v) is 3.82. The van der Waals surface area contributed by atoms with Crippen molar-refractivity contribution >= 4 is 16.0 Å². The molecule has 5 N–H and O–H groups in total. The van der Waals surface area contributed by atoms with Crippen LogP contribution < -0.4 is 16.0 Å². The summed E-state index contributed by atoms with van der Waals surface area (Å²) in [5.74, 6) is 5.76. The molecule has 0 spiro atoms. The molecule has 0 saturated carbocycles. The van der Waals surface area contributed by atoms with Crippen molar-refractivity contribution in [2.24, 2.45) is 5.84 Å². The highest BCUT2D eigenvalue weighted by molar-refractivity contribution is 7.89. The van der Waals surface area contributed by atoms with Crippen molar-refractivity contribution in [3.63, 3.8) is 0 Å². The molecule has 9 nitrogen and oxygen atoms in total. The van der Waals surface area contributed by atoms with Gasteiger partial charge < -0.3 is 4.98 Å². The second-order valence-corrected chi connectivity index (χ2v) is 5.42. The molecule has 10 heteroatoms. The summed E-state index contributed by atoms with van der Waals surface area (Å²) in [5, 5.41) is 0. The van der Waals surface area contributed by atoms with Crippen LogP contribution in [-0.2, 0) is 10.0 Å². The van der Waals surface area contributed by atoms with E-state index in [1.165, 1.54) is 12.4 Å². The maximum absolute atomic E-state index is 12.1. The topological polar surface area (TPSA) is 139 Å². The number of anilines is 1. The molecule has 0 saturated heterocycles. The molecule has 0 radical (unpaired) electrons. The van der Waals surface area contributed by atoms with Crippen molar-refractivity contribution < 1.29 is 8.42 Å². The van der Waals surface area contributed by atoms with E-state index in [1.807, 2.05) is 0 Å². The van der Waals surface area contributed by atoms with E-state index in [-0.39, 0.29) is 10.8 Å². The minimum absolute atomic E-state index is 0.0510. The largest absolute Gasteiger partial charge is 0.347 e. The van der Waals surface area contributed by atoms with Gasteiger partial charge in [-0.25, -0.2) is 33.9 Å². The average Bonchev–Trinajstić information content (AvgIpc) is 2.92. The van der Waals surface area contributed by atoms with Gasteiger partial charge in [0.05, 0.1) is 18.4 Å². The van der Waals surface area contributed by atoms with E-state index in [2.05, 4.69) is 30.1 Å². The van der Waals surface area contributed by atoms with Crippen LogP contribution in [0.15, 0.2) is 29.7 Å². The van der Waals surface area contributed by atoms with Crippen LogP contribution in [0.3, 0.4) is 0 Å². The minimum atomic E-state index is -3.71. The summed E-state index contributed by atoms with van der Waals surface area (Å²) in [6, 6.07) is -0.493. The molecule has 2 heterocycles. The summed E-state index contributed by atoms with van der Waals surface area (Å²) < 4.78 is 26.6. The number of nitrogens with zero attached hydrogens (tertiary/aromatic N) is 3. The number of aromatic nitrogens is 4. The molecular formula is C9H13N7O2S. The van der Waals surface area contributed by atoms with Gasteiger partial charge in [0.2, 0.25) is 16.0 Å². The number of nitrogen functional groups attached to an aromatic ring is 1. The van der Waals surface area contributed by atoms with Crippen molar-refractivity contribution in [3.8, 4) is 0 Å². The van der Waals surface area contributed by atoms with Crippen LogP contribution in [0.1, 0.15) is 18.8 Å². The van der Waals surface area contributed by atoms with E-state index >= 15 is 0 Å². The van der Waals surface area contributed by atoms with E-state index in [0.717, 1.165) is 0 Å². The zero-order valence-corrected chi connectivity index (χ0v) is 10.8. The lowest BCUT2D eigenvalue weighted by Crippen LogP contribution is -2.28. The normalized spacial score (nSPS) is 13.2. The van der Waals surface area contributed by atoms with Crippen LogP contribution >= 0.6 is 0 Å². The Morgan fingerprint density at radius 2 is 2.00 bits per heavy atom. The summed E-state index contributed by atoms with van der Waals surface area (Å²) in [6.45, 7) is 1.67. The lowest BCUT2D eigenvalue weighted by molar-refractivity contribution is 0.560. The molecule has 0 bridgehead atoms. The number of rotatable bonds is 5.